The van der Waals surface area contributed by atoms with Crippen molar-refractivity contribution in [1.82, 2.24) is 9.55 Å². The summed E-state index contributed by atoms with van der Waals surface area (Å²) in [4.78, 5) is 30.4. The zero-order chi connectivity index (χ0) is 20.3. The fraction of sp³-hybridized carbons (Fsp3) is 0.318. The van der Waals surface area contributed by atoms with Gasteiger partial charge in [-0.15, -0.1) is 0 Å². The maximum atomic E-state index is 13.0. The van der Waals surface area contributed by atoms with Crippen LogP contribution in [0.2, 0.25) is 0 Å². The van der Waals surface area contributed by atoms with Crippen LogP contribution < -0.4 is 10.9 Å². The molecule has 2 aromatic carbocycles. The Morgan fingerprint density at radius 3 is 2.50 bits per heavy atom. The highest BCUT2D eigenvalue weighted by atomic mass is 32.2. The van der Waals surface area contributed by atoms with Crippen molar-refractivity contribution in [2.75, 3.05) is 5.32 Å². The minimum Gasteiger partial charge on any atom is -0.325 e. The average molecular weight is 396 g/mol. The van der Waals surface area contributed by atoms with E-state index >= 15 is 0 Å². The lowest BCUT2D eigenvalue weighted by Crippen LogP contribution is -2.28. The van der Waals surface area contributed by atoms with Crippen LogP contribution in [-0.4, -0.2) is 20.7 Å². The molecule has 3 rings (SSSR count). The van der Waals surface area contributed by atoms with Crippen LogP contribution in [0.3, 0.4) is 0 Å². The average Bonchev–Trinajstić information content (AvgIpc) is 2.66. The van der Waals surface area contributed by atoms with Gasteiger partial charge in [0.2, 0.25) is 5.91 Å². The molecule has 1 aromatic heterocycles. The summed E-state index contributed by atoms with van der Waals surface area (Å²) in [7, 11) is 0. The Labute approximate surface area is 169 Å². The molecular formula is C22H25N3O2S. The summed E-state index contributed by atoms with van der Waals surface area (Å²) < 4.78 is 1.69. The van der Waals surface area contributed by atoms with Gasteiger partial charge >= 0.3 is 0 Å². The number of benzene rings is 2. The number of amides is 1. The van der Waals surface area contributed by atoms with Crippen LogP contribution in [0, 0.1) is 12.8 Å². The summed E-state index contributed by atoms with van der Waals surface area (Å²) in [5.74, 6) is 0.175. The minimum atomic E-state index is -0.397. The highest BCUT2D eigenvalue weighted by Gasteiger charge is 2.20. The first-order chi connectivity index (χ1) is 13.4. The molecule has 0 bridgehead atoms. The van der Waals surface area contributed by atoms with Gasteiger partial charge in [-0.2, -0.15) is 0 Å². The second-order valence-corrected chi connectivity index (χ2v) is 8.59. The summed E-state index contributed by atoms with van der Waals surface area (Å²) in [5.41, 5.74) is 2.40. The molecule has 3 aromatic rings. The van der Waals surface area contributed by atoms with Gasteiger partial charge in [0.15, 0.2) is 5.16 Å². The number of hydrogen-bond donors (Lipinski definition) is 1. The standard InChI is InChI=1S/C22H25N3O2S/c1-14(2)13-25-21(27)17-10-6-8-12-19(17)24-22(25)28-16(4)20(26)23-18-11-7-5-9-15(18)3/h5-12,14,16H,13H2,1-4H3,(H,23,26). The van der Waals surface area contributed by atoms with Crippen LogP contribution in [0.25, 0.3) is 10.9 Å². The third-order valence-electron chi connectivity index (χ3n) is 4.43. The van der Waals surface area contributed by atoms with E-state index < -0.39 is 5.25 Å². The highest BCUT2D eigenvalue weighted by molar-refractivity contribution is 8.00. The van der Waals surface area contributed by atoms with Gasteiger partial charge in [0.1, 0.15) is 0 Å². The van der Waals surface area contributed by atoms with Gasteiger partial charge in [0.25, 0.3) is 5.56 Å². The Morgan fingerprint density at radius 2 is 1.79 bits per heavy atom. The van der Waals surface area contributed by atoms with Crippen LogP contribution in [0.4, 0.5) is 5.69 Å². The molecule has 0 spiro atoms. The number of hydrogen-bond acceptors (Lipinski definition) is 4. The molecule has 1 atom stereocenters. The topological polar surface area (TPSA) is 64.0 Å². The van der Waals surface area contributed by atoms with Crippen molar-refractivity contribution < 1.29 is 4.79 Å². The summed E-state index contributed by atoms with van der Waals surface area (Å²) in [5, 5.41) is 3.75. The molecule has 1 amide bonds. The molecule has 0 radical (unpaired) electrons. The van der Waals surface area contributed by atoms with Crippen LogP contribution in [-0.2, 0) is 11.3 Å². The molecule has 0 aliphatic rings. The summed E-state index contributed by atoms with van der Waals surface area (Å²) in [6.07, 6.45) is 0. The molecule has 0 aliphatic carbocycles. The molecule has 0 saturated heterocycles. The van der Waals surface area contributed by atoms with E-state index in [1.807, 2.05) is 56.3 Å². The molecule has 1 N–H and O–H groups in total. The highest BCUT2D eigenvalue weighted by Crippen LogP contribution is 2.25. The lowest BCUT2D eigenvalue weighted by Gasteiger charge is -2.18. The van der Waals surface area contributed by atoms with Gasteiger partial charge in [0.05, 0.1) is 16.2 Å². The van der Waals surface area contributed by atoms with Crippen LogP contribution >= 0.6 is 11.8 Å². The number of carbonyl (C=O) groups is 1. The van der Waals surface area contributed by atoms with Crippen molar-refractivity contribution in [1.29, 1.82) is 0 Å². The van der Waals surface area contributed by atoms with E-state index in [-0.39, 0.29) is 17.4 Å². The van der Waals surface area contributed by atoms with Crippen molar-refractivity contribution in [3.8, 4) is 0 Å². The van der Waals surface area contributed by atoms with E-state index in [0.29, 0.717) is 22.6 Å². The summed E-state index contributed by atoms with van der Waals surface area (Å²) in [6, 6.07) is 15.0. The lowest BCUT2D eigenvalue weighted by atomic mass is 10.2. The normalized spacial score (nSPS) is 12.3. The molecule has 5 nitrogen and oxygen atoms in total. The molecule has 1 heterocycles. The second kappa shape index (κ2) is 8.61. The number of thioether (sulfide) groups is 1. The van der Waals surface area contributed by atoms with E-state index in [4.69, 9.17) is 0 Å². The number of anilines is 1. The Balaban J connectivity index is 1.90. The molecule has 0 saturated carbocycles. The number of carbonyl (C=O) groups excluding carboxylic acids is 1. The minimum absolute atomic E-state index is 0.0617. The maximum Gasteiger partial charge on any atom is 0.262 e. The van der Waals surface area contributed by atoms with Crippen molar-refractivity contribution in [3.63, 3.8) is 0 Å². The summed E-state index contributed by atoms with van der Waals surface area (Å²) in [6.45, 7) is 8.47. The molecule has 1 unspecified atom stereocenters. The van der Waals surface area contributed by atoms with E-state index in [2.05, 4.69) is 24.1 Å². The second-order valence-electron chi connectivity index (χ2n) is 7.29. The third kappa shape index (κ3) is 4.44. The van der Waals surface area contributed by atoms with E-state index in [9.17, 15) is 9.59 Å². The Kier molecular flexibility index (Phi) is 6.19. The number of nitrogens with zero attached hydrogens (tertiary/aromatic N) is 2. The van der Waals surface area contributed by atoms with Crippen molar-refractivity contribution >= 4 is 34.3 Å². The molecule has 0 aliphatic heterocycles. The molecule has 28 heavy (non-hydrogen) atoms. The number of nitrogens with one attached hydrogen (secondary N) is 1. The van der Waals surface area contributed by atoms with Gasteiger partial charge in [-0.3, -0.25) is 14.2 Å². The Morgan fingerprint density at radius 1 is 1.11 bits per heavy atom. The quantitative estimate of drug-likeness (QED) is 0.494. The number of aryl methyl sites for hydroxylation is 1. The number of fused-ring (bicyclic) bond motifs is 1. The first kappa shape index (κ1) is 20.1. The number of rotatable bonds is 6. The van der Waals surface area contributed by atoms with E-state index in [0.717, 1.165) is 11.3 Å². The van der Waals surface area contributed by atoms with E-state index in [1.165, 1.54) is 11.8 Å². The van der Waals surface area contributed by atoms with Gasteiger partial charge in [-0.05, 0) is 43.5 Å². The molecule has 146 valence electrons. The van der Waals surface area contributed by atoms with E-state index in [1.54, 1.807) is 10.6 Å². The number of aromatic nitrogens is 2. The fourth-order valence-electron chi connectivity index (χ4n) is 2.92. The van der Waals surface area contributed by atoms with Crippen molar-refractivity contribution in [2.24, 2.45) is 5.92 Å². The maximum absolute atomic E-state index is 13.0. The van der Waals surface area contributed by atoms with Gasteiger partial charge in [-0.1, -0.05) is 55.9 Å². The first-order valence-electron chi connectivity index (χ1n) is 9.39. The zero-order valence-electron chi connectivity index (χ0n) is 16.6. The fourth-order valence-corrected chi connectivity index (χ4v) is 3.84. The van der Waals surface area contributed by atoms with Crippen LogP contribution in [0.1, 0.15) is 26.3 Å². The summed E-state index contributed by atoms with van der Waals surface area (Å²) >= 11 is 1.31. The van der Waals surface area contributed by atoms with Crippen molar-refractivity contribution in [2.45, 2.75) is 44.6 Å². The molecular weight excluding hydrogens is 370 g/mol. The van der Waals surface area contributed by atoms with Gasteiger partial charge in [-0.25, -0.2) is 4.98 Å². The van der Waals surface area contributed by atoms with Crippen LogP contribution in [0.15, 0.2) is 58.5 Å². The Bertz CT molecular complexity index is 1060. The zero-order valence-corrected chi connectivity index (χ0v) is 17.4. The molecule has 6 heteroatoms. The smallest absolute Gasteiger partial charge is 0.262 e. The predicted molar refractivity (Wildman–Crippen MR) is 116 cm³/mol. The lowest BCUT2D eigenvalue weighted by molar-refractivity contribution is -0.115. The first-order valence-corrected chi connectivity index (χ1v) is 10.3. The van der Waals surface area contributed by atoms with Crippen LogP contribution in [0.5, 0.6) is 0 Å². The van der Waals surface area contributed by atoms with Gasteiger partial charge in [0, 0.05) is 12.2 Å². The Hall–Kier alpha value is -2.60. The largest absolute Gasteiger partial charge is 0.325 e. The third-order valence-corrected chi connectivity index (χ3v) is 5.52. The van der Waals surface area contributed by atoms with Crippen molar-refractivity contribution in [3.05, 3.63) is 64.4 Å². The van der Waals surface area contributed by atoms with Gasteiger partial charge < -0.3 is 5.32 Å². The predicted octanol–water partition coefficient (Wildman–Crippen LogP) is 4.48. The monoisotopic (exact) mass is 395 g/mol. The SMILES string of the molecule is Cc1ccccc1NC(=O)C(C)Sc1nc2ccccc2c(=O)n1CC(C)C. The molecule has 0 fully saturated rings. The number of para-hydroxylation sites is 2.